The first-order chi connectivity index (χ1) is 15.6. The van der Waals surface area contributed by atoms with Gasteiger partial charge >= 0.3 is 0 Å². The summed E-state index contributed by atoms with van der Waals surface area (Å²) in [6.45, 7) is -3.70. The number of nitrogens with zero attached hydrogens (tertiary/aromatic N) is 1. The molecule has 1 saturated heterocycles. The van der Waals surface area contributed by atoms with Gasteiger partial charge in [0.1, 0.15) is 0 Å². The maximum atomic E-state index is 11.2. The monoisotopic (exact) mass is 318 g/mol. The Morgan fingerprint density at radius 1 is 1.59 bits per heavy atom. The molecule has 1 fully saturated rings. The van der Waals surface area contributed by atoms with Gasteiger partial charge in [0.15, 0.2) is 11.5 Å². The van der Waals surface area contributed by atoms with Crippen LogP contribution in [0.5, 0.6) is 11.5 Å². The predicted molar refractivity (Wildman–Crippen MR) is 86.2 cm³/mol. The maximum absolute atomic E-state index is 11.2. The minimum absolute atomic E-state index is 0.138. The van der Waals surface area contributed by atoms with Gasteiger partial charge < -0.3 is 15.0 Å². The molecule has 0 bridgehead atoms. The fourth-order valence-electron chi connectivity index (χ4n) is 2.43. The number of rotatable bonds is 4. The van der Waals surface area contributed by atoms with E-state index in [2.05, 4.69) is 5.11 Å². The largest absolute Gasteiger partial charge is 0.504 e. The van der Waals surface area contributed by atoms with Gasteiger partial charge in [0, 0.05) is 31.4 Å². The Bertz CT molecular complexity index is 1050. The molecule has 3 unspecified atom stereocenters. The van der Waals surface area contributed by atoms with Gasteiger partial charge in [-0.15, -0.1) is 0 Å². The van der Waals surface area contributed by atoms with Gasteiger partial charge in [0.2, 0.25) is 0 Å². The van der Waals surface area contributed by atoms with Crippen molar-refractivity contribution < 1.29 is 31.4 Å². The van der Waals surface area contributed by atoms with Crippen LogP contribution in [0.25, 0.3) is 0 Å². The van der Waals surface area contributed by atoms with Crippen molar-refractivity contribution in [3.63, 3.8) is 0 Å². The fraction of sp³-hybridized carbons (Fsp3) is 0.667. The molecule has 1 aromatic rings. The van der Waals surface area contributed by atoms with Crippen molar-refractivity contribution in [1.82, 2.24) is 4.90 Å². The first-order valence-corrected chi connectivity index (χ1v) is 6.99. The van der Waals surface area contributed by atoms with Crippen molar-refractivity contribution in [3.05, 3.63) is 23.2 Å². The van der Waals surface area contributed by atoms with Crippen LogP contribution >= 0.6 is 0 Å². The number of aliphatic hydroxyl groups is 1. The van der Waals surface area contributed by atoms with Gasteiger partial charge in [-0.1, -0.05) is 13.8 Å². The highest BCUT2D eigenvalue weighted by Gasteiger charge is 2.38. The Hall–Kier alpha value is -1.26. The number of fused-ring (bicyclic) bond motifs is 3. The number of aromatic hydroxyl groups is 1. The molecule has 4 nitrogen and oxygen atoms in total. The summed E-state index contributed by atoms with van der Waals surface area (Å²) in [5, 5.41) is 15.5. The quantitative estimate of drug-likeness (QED) is 0.896. The first kappa shape index (κ1) is 6.33. The van der Waals surface area contributed by atoms with E-state index in [-0.39, 0.29) is 4.90 Å². The van der Waals surface area contributed by atoms with Crippen LogP contribution in [0.2, 0.25) is 0 Å². The van der Waals surface area contributed by atoms with Crippen molar-refractivity contribution >= 4 is 0 Å². The summed E-state index contributed by atoms with van der Waals surface area (Å²) in [4.78, 5) is 0.138. The molecule has 0 aliphatic carbocycles. The molecule has 0 saturated carbocycles. The highest BCUT2D eigenvalue weighted by atomic mass is 16.5. The lowest BCUT2D eigenvalue weighted by Crippen LogP contribution is -2.48. The zero-order valence-corrected chi connectivity index (χ0v) is 12.6. The standard InChI is InChI=1S/C18H27NO3/c1-11(2)6-13-10-19-5-4-12-7-17(21)18(22-3)8-14(12)15(19)9-16(13)20/h7-8,11,13,15-16,20-21H,4-6,9-10H2,1-3H3/i4D2,5D2,7D,8D,9D2,10D2,13D,16D/hD. The van der Waals surface area contributed by atoms with E-state index in [1.807, 2.05) is 0 Å². The number of methoxy groups -OCH3 is 1. The zero-order valence-electron chi connectivity index (χ0n) is 25.6. The van der Waals surface area contributed by atoms with Crippen LogP contribution < -0.4 is 4.74 Å². The third-order valence-electron chi connectivity index (χ3n) is 3.43. The van der Waals surface area contributed by atoms with E-state index in [1.54, 1.807) is 13.8 Å². The van der Waals surface area contributed by atoms with Crippen LogP contribution in [-0.2, 0) is 6.37 Å². The molecular weight excluding hydrogens is 278 g/mol. The van der Waals surface area contributed by atoms with Crippen LogP contribution in [0.15, 0.2) is 12.1 Å². The zero-order chi connectivity index (χ0) is 27.3. The summed E-state index contributed by atoms with van der Waals surface area (Å²) in [6.07, 6.45) is -10.7. The number of phenols is 1. The van der Waals surface area contributed by atoms with Crippen LogP contribution in [0.3, 0.4) is 0 Å². The van der Waals surface area contributed by atoms with Crippen molar-refractivity contribution in [3.8, 4) is 11.5 Å². The van der Waals surface area contributed by atoms with E-state index in [4.69, 9.17) is 22.6 Å². The van der Waals surface area contributed by atoms with Crippen molar-refractivity contribution in [2.75, 3.05) is 20.1 Å². The third kappa shape index (κ3) is 2.82. The second-order valence-electron chi connectivity index (χ2n) is 5.59. The third-order valence-corrected chi connectivity index (χ3v) is 3.43. The molecule has 2 heterocycles. The van der Waals surface area contributed by atoms with Crippen LogP contribution in [0.1, 0.15) is 60.3 Å². The summed E-state index contributed by atoms with van der Waals surface area (Å²) in [5.74, 6) is -4.87. The van der Waals surface area contributed by atoms with E-state index >= 15 is 0 Å². The summed E-state index contributed by atoms with van der Waals surface area (Å²) in [7, 11) is 1.04. The predicted octanol–water partition coefficient (Wildman–Crippen LogP) is 2.73. The molecule has 3 atom stereocenters. The number of hydrogen-bond donors (Lipinski definition) is 2. The molecule has 1 aromatic carbocycles. The highest BCUT2D eigenvalue weighted by Crippen LogP contribution is 2.43. The van der Waals surface area contributed by atoms with Gasteiger partial charge in [0.05, 0.1) is 17.3 Å². The van der Waals surface area contributed by atoms with Gasteiger partial charge in [-0.25, -0.2) is 0 Å². The van der Waals surface area contributed by atoms with E-state index in [1.165, 1.54) is 0 Å². The number of ether oxygens (including phenoxy) is 1. The normalized spacial score (nSPS) is 52.6. The number of hydrogen-bond acceptors (Lipinski definition) is 4. The van der Waals surface area contributed by atoms with E-state index in [0.29, 0.717) is 0 Å². The Morgan fingerprint density at radius 3 is 3.09 bits per heavy atom. The van der Waals surface area contributed by atoms with E-state index in [9.17, 15) is 5.11 Å². The Morgan fingerprint density at radius 2 is 2.41 bits per heavy atom. The number of piperidine rings is 1. The molecule has 0 spiro atoms. The van der Waals surface area contributed by atoms with Crippen molar-refractivity contribution in [1.29, 1.82) is 1.43 Å². The van der Waals surface area contributed by atoms with Crippen LogP contribution in [0, 0.1) is 11.8 Å². The van der Waals surface area contributed by atoms with Gasteiger partial charge in [-0.05, 0) is 54.2 Å². The molecule has 3 rings (SSSR count). The topological polar surface area (TPSA) is 52.9 Å². The number of phenolic OH excluding ortho intramolecular Hbond substituents is 1. The van der Waals surface area contributed by atoms with Gasteiger partial charge in [-0.3, -0.25) is 4.90 Å². The Kier molecular flexibility index (Phi) is 1.75. The Labute approximate surface area is 151 Å². The summed E-state index contributed by atoms with van der Waals surface area (Å²) >= 11 is 0. The first-order valence-electron chi connectivity index (χ1n) is 13.4. The van der Waals surface area contributed by atoms with Crippen LogP contribution in [-0.4, -0.2) is 42.7 Å². The lowest BCUT2D eigenvalue weighted by molar-refractivity contribution is -0.0191. The SMILES string of the molecule is [2H]Oc1c([2H])c2c(c([2H])c1OC)C1N(C([2H])([2H])C2([2H])[2H])C([2H])([2H])C([2H])(CC(C)C)C([2H])(O)C1([2H])[2H]. The summed E-state index contributed by atoms with van der Waals surface area (Å²) in [5.41, 5.74) is -1.63. The molecular formula is C18H27NO3. The minimum atomic E-state index is -3.52. The average molecular weight is 318 g/mol. The molecule has 0 amide bonds. The lowest BCUT2D eigenvalue weighted by Gasteiger charge is -2.46. The molecule has 2 aliphatic rings. The molecule has 22 heavy (non-hydrogen) atoms. The molecule has 0 radical (unpaired) electrons. The highest BCUT2D eigenvalue weighted by molar-refractivity contribution is 5.48. The lowest BCUT2D eigenvalue weighted by atomic mass is 9.79. The summed E-state index contributed by atoms with van der Waals surface area (Å²) in [6, 6.07) is -4.08. The molecule has 2 N–H and O–H groups in total. The molecule has 2 aliphatic heterocycles. The molecule has 122 valence electrons. The molecule has 4 heteroatoms. The number of benzene rings is 1. The maximum Gasteiger partial charge on any atom is 0.293 e. The Balaban J connectivity index is 2.59. The van der Waals surface area contributed by atoms with E-state index < -0.39 is 90.8 Å². The van der Waals surface area contributed by atoms with Gasteiger partial charge in [-0.2, -0.15) is 0 Å². The molecule has 0 aromatic heterocycles. The van der Waals surface area contributed by atoms with E-state index in [0.717, 1.165) is 7.11 Å². The fourth-order valence-corrected chi connectivity index (χ4v) is 2.43. The second kappa shape index (κ2) is 6.09. The van der Waals surface area contributed by atoms with Gasteiger partial charge in [0.25, 0.3) is 1.43 Å². The van der Waals surface area contributed by atoms with Crippen molar-refractivity contribution in [2.24, 2.45) is 11.8 Å². The minimum Gasteiger partial charge on any atom is -0.504 e. The smallest absolute Gasteiger partial charge is 0.293 e. The summed E-state index contributed by atoms with van der Waals surface area (Å²) < 4.78 is 116. The second-order valence-corrected chi connectivity index (χ2v) is 5.59. The average Bonchev–Trinajstić information content (AvgIpc) is 2.69. The van der Waals surface area contributed by atoms with Crippen molar-refractivity contribution in [2.45, 2.75) is 45.1 Å². The van der Waals surface area contributed by atoms with Crippen LogP contribution in [0.4, 0.5) is 0 Å².